The van der Waals surface area contributed by atoms with E-state index in [0.29, 0.717) is 22.5 Å². The van der Waals surface area contributed by atoms with E-state index >= 15 is 0 Å². The van der Waals surface area contributed by atoms with Gasteiger partial charge < -0.3 is 15.2 Å². The lowest BCUT2D eigenvalue weighted by atomic mass is 9.98. The summed E-state index contributed by atoms with van der Waals surface area (Å²) in [5.74, 6) is -2.34. The summed E-state index contributed by atoms with van der Waals surface area (Å²) in [6.07, 6.45) is 1.62. The molecule has 9 heteroatoms. The third-order valence-corrected chi connectivity index (χ3v) is 5.88. The second-order valence-corrected chi connectivity index (χ2v) is 8.66. The summed E-state index contributed by atoms with van der Waals surface area (Å²) >= 11 is 0. The summed E-state index contributed by atoms with van der Waals surface area (Å²) in [6.45, 7) is 8.47. The first-order valence-corrected chi connectivity index (χ1v) is 10.4. The van der Waals surface area contributed by atoms with Gasteiger partial charge in [0.1, 0.15) is 11.5 Å². The van der Waals surface area contributed by atoms with Gasteiger partial charge in [0.15, 0.2) is 0 Å². The van der Waals surface area contributed by atoms with Gasteiger partial charge in [0, 0.05) is 31.7 Å². The number of Topliss-reactive ketones (excluding diaryl/α,β-unsaturated/α-hetero) is 1. The summed E-state index contributed by atoms with van der Waals surface area (Å²) in [7, 11) is 3.41. The number of nitrogens with zero attached hydrogens (tertiary/aromatic N) is 3. The minimum Gasteiger partial charge on any atom is -0.343 e. The Morgan fingerprint density at radius 1 is 1.06 bits per heavy atom. The third kappa shape index (κ3) is 4.44. The van der Waals surface area contributed by atoms with Gasteiger partial charge in [-0.1, -0.05) is 0 Å². The van der Waals surface area contributed by atoms with Crippen LogP contribution in [-0.4, -0.2) is 31.9 Å². The number of anilines is 1. The molecule has 0 saturated carbocycles. The molecule has 8 nitrogen and oxygen atoms in total. The fourth-order valence-corrected chi connectivity index (χ4v) is 4.05. The predicted molar refractivity (Wildman–Crippen MR) is 123 cm³/mol. The molecule has 0 fully saturated rings. The van der Waals surface area contributed by atoms with Crippen molar-refractivity contribution in [2.45, 2.75) is 40.2 Å². The number of carbonyl (C=O) groups is 3. The molecule has 2 amide bonds. The summed E-state index contributed by atoms with van der Waals surface area (Å²) in [4.78, 5) is 39.0. The van der Waals surface area contributed by atoms with Crippen molar-refractivity contribution < 1.29 is 18.8 Å². The van der Waals surface area contributed by atoms with E-state index < -0.39 is 23.1 Å². The standard InChI is InChI=1S/C24H28FN5O3/c1-13-12-16(8-9-17(13)25)27-22(32)20-14(2)19(15(3)29(20)6)21(31)23(33)28-24(4,5)18-10-11-26-30(18)7/h8-12H,1-7H3,(H,27,32)(H,28,33). The number of aromatic nitrogens is 3. The van der Waals surface area contributed by atoms with Crippen LogP contribution in [0.4, 0.5) is 10.1 Å². The number of benzene rings is 1. The number of nitrogens with one attached hydrogen (secondary N) is 2. The Labute approximate surface area is 191 Å². The van der Waals surface area contributed by atoms with Crippen LogP contribution in [0, 0.1) is 26.6 Å². The Kier molecular flexibility index (Phi) is 6.26. The molecular formula is C24H28FN5O3. The van der Waals surface area contributed by atoms with Crippen LogP contribution in [0.2, 0.25) is 0 Å². The highest BCUT2D eigenvalue weighted by atomic mass is 19.1. The van der Waals surface area contributed by atoms with Gasteiger partial charge in [0.2, 0.25) is 0 Å². The Morgan fingerprint density at radius 3 is 2.30 bits per heavy atom. The number of hydrogen-bond donors (Lipinski definition) is 2. The van der Waals surface area contributed by atoms with E-state index in [1.54, 1.807) is 70.2 Å². The Hall–Kier alpha value is -3.75. The van der Waals surface area contributed by atoms with Crippen molar-refractivity contribution in [3.8, 4) is 0 Å². The minimum absolute atomic E-state index is 0.177. The lowest BCUT2D eigenvalue weighted by molar-refractivity contribution is -0.118. The van der Waals surface area contributed by atoms with E-state index in [9.17, 15) is 18.8 Å². The smallest absolute Gasteiger partial charge is 0.293 e. The largest absolute Gasteiger partial charge is 0.343 e. The Bertz CT molecular complexity index is 1270. The maximum atomic E-state index is 13.5. The van der Waals surface area contributed by atoms with Crippen LogP contribution in [0.3, 0.4) is 0 Å². The molecule has 0 bridgehead atoms. The van der Waals surface area contributed by atoms with Gasteiger partial charge in [-0.05, 0) is 70.0 Å². The number of halogens is 1. The molecule has 2 aromatic heterocycles. The zero-order chi connectivity index (χ0) is 24.7. The van der Waals surface area contributed by atoms with E-state index in [4.69, 9.17) is 0 Å². The molecule has 2 heterocycles. The van der Waals surface area contributed by atoms with E-state index in [1.165, 1.54) is 18.2 Å². The van der Waals surface area contributed by atoms with Crippen LogP contribution in [0.15, 0.2) is 30.5 Å². The summed E-state index contributed by atoms with van der Waals surface area (Å²) in [5.41, 5.74) is 2.04. The van der Waals surface area contributed by atoms with Gasteiger partial charge in [0.25, 0.3) is 17.6 Å². The average Bonchev–Trinajstić information content (AvgIpc) is 3.25. The molecule has 0 saturated heterocycles. The topological polar surface area (TPSA) is 98.0 Å². The zero-order valence-electron chi connectivity index (χ0n) is 19.8. The van der Waals surface area contributed by atoms with Crippen molar-refractivity contribution in [2.24, 2.45) is 14.1 Å². The SMILES string of the molecule is Cc1cc(NC(=O)c2c(C)c(C(=O)C(=O)NC(C)(C)c3ccnn3C)c(C)n2C)ccc1F. The first-order valence-electron chi connectivity index (χ1n) is 10.4. The van der Waals surface area contributed by atoms with Crippen molar-refractivity contribution in [3.05, 3.63) is 70.1 Å². The average molecular weight is 454 g/mol. The van der Waals surface area contributed by atoms with Gasteiger partial charge in [-0.25, -0.2) is 4.39 Å². The summed E-state index contributed by atoms with van der Waals surface area (Å²) < 4.78 is 16.7. The maximum Gasteiger partial charge on any atom is 0.293 e. The number of carbonyl (C=O) groups excluding carboxylic acids is 3. The summed E-state index contributed by atoms with van der Waals surface area (Å²) in [6, 6.07) is 6.03. The molecule has 3 aromatic rings. The number of aryl methyl sites for hydroxylation is 2. The van der Waals surface area contributed by atoms with Crippen LogP contribution >= 0.6 is 0 Å². The van der Waals surface area contributed by atoms with Crippen molar-refractivity contribution >= 4 is 23.3 Å². The molecular weight excluding hydrogens is 425 g/mol. The van der Waals surface area contributed by atoms with Gasteiger partial charge in [-0.15, -0.1) is 0 Å². The van der Waals surface area contributed by atoms with Crippen LogP contribution in [-0.2, 0) is 24.4 Å². The molecule has 1 aromatic carbocycles. The molecule has 33 heavy (non-hydrogen) atoms. The van der Waals surface area contributed by atoms with Gasteiger partial charge in [-0.2, -0.15) is 5.10 Å². The lowest BCUT2D eigenvalue weighted by Gasteiger charge is -2.26. The number of rotatable bonds is 6. The molecule has 0 spiro atoms. The highest BCUT2D eigenvalue weighted by Crippen LogP contribution is 2.25. The van der Waals surface area contributed by atoms with E-state index in [-0.39, 0.29) is 17.1 Å². The summed E-state index contributed by atoms with van der Waals surface area (Å²) in [5, 5.41) is 9.61. The van der Waals surface area contributed by atoms with Crippen LogP contribution in [0.25, 0.3) is 0 Å². The van der Waals surface area contributed by atoms with Gasteiger partial charge in [0.05, 0.1) is 16.8 Å². The van der Waals surface area contributed by atoms with E-state index in [0.717, 1.165) is 5.69 Å². The monoisotopic (exact) mass is 453 g/mol. The molecule has 0 aliphatic carbocycles. The molecule has 0 aliphatic heterocycles. The molecule has 174 valence electrons. The fraction of sp³-hybridized carbons (Fsp3) is 0.333. The lowest BCUT2D eigenvalue weighted by Crippen LogP contribution is -2.45. The quantitative estimate of drug-likeness (QED) is 0.442. The van der Waals surface area contributed by atoms with E-state index in [1.807, 2.05) is 0 Å². The molecule has 3 rings (SSSR count). The van der Waals surface area contributed by atoms with Crippen molar-refractivity contribution in [1.29, 1.82) is 0 Å². The number of amides is 2. The van der Waals surface area contributed by atoms with Crippen molar-refractivity contribution in [2.75, 3.05) is 5.32 Å². The Balaban J connectivity index is 1.88. The van der Waals surface area contributed by atoms with Crippen molar-refractivity contribution in [1.82, 2.24) is 19.7 Å². The normalized spacial score (nSPS) is 11.4. The number of hydrogen-bond acceptors (Lipinski definition) is 4. The minimum atomic E-state index is -0.838. The van der Waals surface area contributed by atoms with Crippen LogP contribution in [0.5, 0.6) is 0 Å². The third-order valence-electron chi connectivity index (χ3n) is 5.88. The van der Waals surface area contributed by atoms with Crippen LogP contribution in [0.1, 0.15) is 57.2 Å². The second kappa shape index (κ2) is 8.65. The highest BCUT2D eigenvalue weighted by molar-refractivity contribution is 6.43. The molecule has 0 aliphatic rings. The van der Waals surface area contributed by atoms with Crippen LogP contribution < -0.4 is 10.6 Å². The van der Waals surface area contributed by atoms with Crippen molar-refractivity contribution in [3.63, 3.8) is 0 Å². The second-order valence-electron chi connectivity index (χ2n) is 8.66. The molecule has 0 atom stereocenters. The highest BCUT2D eigenvalue weighted by Gasteiger charge is 2.33. The number of ketones is 1. The van der Waals surface area contributed by atoms with Gasteiger partial charge >= 0.3 is 0 Å². The first kappa shape index (κ1) is 23.9. The fourth-order valence-electron chi connectivity index (χ4n) is 4.05. The predicted octanol–water partition coefficient (Wildman–Crippen LogP) is 3.31. The first-order chi connectivity index (χ1) is 15.3. The molecule has 2 N–H and O–H groups in total. The Morgan fingerprint density at radius 2 is 1.73 bits per heavy atom. The molecule has 0 unspecified atom stereocenters. The van der Waals surface area contributed by atoms with Gasteiger partial charge in [-0.3, -0.25) is 19.1 Å². The zero-order valence-corrected chi connectivity index (χ0v) is 19.8. The maximum absolute atomic E-state index is 13.5. The molecule has 0 radical (unpaired) electrons. The van der Waals surface area contributed by atoms with E-state index in [2.05, 4.69) is 15.7 Å².